The van der Waals surface area contributed by atoms with Crippen molar-refractivity contribution in [3.63, 3.8) is 0 Å². The summed E-state index contributed by atoms with van der Waals surface area (Å²) in [5.41, 5.74) is -1.79. The maximum absolute atomic E-state index is 14.0. The number of carbonyl (C=O) groups excluding carboxylic acids is 1. The van der Waals surface area contributed by atoms with Crippen molar-refractivity contribution in [1.29, 1.82) is 0 Å². The van der Waals surface area contributed by atoms with Gasteiger partial charge in [0.25, 0.3) is 5.56 Å². The minimum absolute atomic E-state index is 0.0192. The number of anilines is 2. The average molecular weight is 627 g/mol. The normalized spacial score (nSPS) is 13.3. The molecule has 0 saturated carbocycles. The van der Waals surface area contributed by atoms with Gasteiger partial charge in [-0.1, -0.05) is 17.7 Å². The van der Waals surface area contributed by atoms with Gasteiger partial charge in [-0.15, -0.1) is 0 Å². The van der Waals surface area contributed by atoms with Crippen LogP contribution in [0.25, 0.3) is 10.9 Å². The highest BCUT2D eigenvalue weighted by Crippen LogP contribution is 2.31. The van der Waals surface area contributed by atoms with E-state index in [-0.39, 0.29) is 39.7 Å². The molecule has 0 spiro atoms. The van der Waals surface area contributed by atoms with E-state index in [1.54, 1.807) is 27.9 Å². The topological polar surface area (TPSA) is 140 Å². The second-order valence-electron chi connectivity index (χ2n) is 10.3. The number of likely N-dealkylation sites (tertiary alicyclic amines) is 1. The lowest BCUT2D eigenvalue weighted by atomic mass is 10.1. The summed E-state index contributed by atoms with van der Waals surface area (Å²) in [6.45, 7) is 1.54. The molecule has 6 rings (SSSR count). The first-order valence-electron chi connectivity index (χ1n) is 13.2. The maximum Gasteiger partial charge on any atom is 0.355 e. The molecule has 2 N–H and O–H groups in total. The fourth-order valence-electron chi connectivity index (χ4n) is 4.88. The first kappa shape index (κ1) is 28.9. The minimum Gasteiger partial charge on any atom is -0.339 e. The second kappa shape index (κ2) is 11.1. The number of hydrogen-bond acceptors (Lipinski definition) is 7. The largest absolute Gasteiger partial charge is 0.355 e. The van der Waals surface area contributed by atoms with Crippen molar-refractivity contribution in [2.45, 2.75) is 26.1 Å². The Morgan fingerprint density at radius 1 is 1.07 bits per heavy atom. The Bertz CT molecular complexity index is 2110. The molecule has 1 fully saturated rings. The average Bonchev–Trinajstić information content (AvgIpc) is 3.33. The number of halogens is 4. The predicted octanol–water partition coefficient (Wildman–Crippen LogP) is 2.76. The Kier molecular flexibility index (Phi) is 7.33. The molecule has 12 nitrogen and oxygen atoms in total. The first-order chi connectivity index (χ1) is 21.0. The molecule has 0 aliphatic carbocycles. The zero-order valence-corrected chi connectivity index (χ0v) is 23.6. The van der Waals surface area contributed by atoms with Crippen LogP contribution in [0.2, 0.25) is 5.02 Å². The number of benzene rings is 2. The molecule has 2 aromatic carbocycles. The highest BCUT2D eigenvalue weighted by Gasteiger charge is 2.30. The Balaban J connectivity index is 1.40. The fourth-order valence-corrected chi connectivity index (χ4v) is 5.09. The SMILES string of the molecule is CC(=O)N1CC(n2cc3cc(Nc4nc(=O)n(Cc5ccc[nH]c5=O)c(=O)n4Cc4cc(F)c(F)c(F)c4)c(Cl)cc3n2)C1. The third-order valence-corrected chi connectivity index (χ3v) is 7.61. The number of amides is 1. The van der Waals surface area contributed by atoms with Gasteiger partial charge in [-0.05, 0) is 35.9 Å². The van der Waals surface area contributed by atoms with Crippen molar-refractivity contribution >= 4 is 40.0 Å². The van der Waals surface area contributed by atoms with Gasteiger partial charge in [0.05, 0.1) is 35.4 Å². The summed E-state index contributed by atoms with van der Waals surface area (Å²) in [5.74, 6) is -4.98. The third kappa shape index (κ3) is 5.37. The van der Waals surface area contributed by atoms with Crippen LogP contribution >= 0.6 is 11.6 Å². The van der Waals surface area contributed by atoms with Crippen LogP contribution in [0.3, 0.4) is 0 Å². The van der Waals surface area contributed by atoms with Crippen molar-refractivity contribution in [2.24, 2.45) is 0 Å². The van der Waals surface area contributed by atoms with Gasteiger partial charge in [0.15, 0.2) is 17.5 Å². The molecule has 0 radical (unpaired) electrons. The molecule has 1 amide bonds. The summed E-state index contributed by atoms with van der Waals surface area (Å²) in [5, 5.41) is 8.19. The number of aromatic nitrogens is 6. The summed E-state index contributed by atoms with van der Waals surface area (Å²) < 4.78 is 45.1. The number of rotatable bonds is 7. The van der Waals surface area contributed by atoms with E-state index in [1.165, 1.54) is 25.3 Å². The highest BCUT2D eigenvalue weighted by molar-refractivity contribution is 6.34. The smallest absolute Gasteiger partial charge is 0.339 e. The van der Waals surface area contributed by atoms with E-state index in [0.29, 0.717) is 40.7 Å². The van der Waals surface area contributed by atoms with E-state index in [9.17, 15) is 32.3 Å². The Morgan fingerprint density at radius 2 is 1.80 bits per heavy atom. The van der Waals surface area contributed by atoms with E-state index in [0.717, 1.165) is 4.57 Å². The van der Waals surface area contributed by atoms with Crippen molar-refractivity contribution in [3.05, 3.63) is 114 Å². The highest BCUT2D eigenvalue weighted by atomic mass is 35.5. The first-order valence-corrected chi connectivity index (χ1v) is 13.6. The van der Waals surface area contributed by atoms with Crippen LogP contribution in [0.1, 0.15) is 24.1 Å². The molecule has 0 unspecified atom stereocenters. The Morgan fingerprint density at radius 3 is 2.48 bits per heavy atom. The number of carbonyl (C=O) groups is 1. The van der Waals surface area contributed by atoms with Crippen molar-refractivity contribution < 1.29 is 18.0 Å². The lowest BCUT2D eigenvalue weighted by Crippen LogP contribution is -2.49. The number of nitrogens with zero attached hydrogens (tertiary/aromatic N) is 6. The van der Waals surface area contributed by atoms with E-state index in [1.807, 2.05) is 0 Å². The molecule has 0 bridgehead atoms. The lowest BCUT2D eigenvalue weighted by Gasteiger charge is -2.38. The minimum atomic E-state index is -1.68. The number of nitrogens with one attached hydrogen (secondary N) is 2. The Labute approximate surface area is 249 Å². The van der Waals surface area contributed by atoms with Crippen LogP contribution in [-0.4, -0.2) is 52.8 Å². The van der Waals surface area contributed by atoms with Gasteiger partial charge in [0.2, 0.25) is 11.9 Å². The quantitative estimate of drug-likeness (QED) is 0.265. The van der Waals surface area contributed by atoms with Crippen LogP contribution in [0.5, 0.6) is 0 Å². The molecule has 1 saturated heterocycles. The molecule has 0 atom stereocenters. The molecule has 3 aromatic heterocycles. The van der Waals surface area contributed by atoms with Crippen LogP contribution in [0.15, 0.2) is 63.2 Å². The molecule has 1 aliphatic heterocycles. The van der Waals surface area contributed by atoms with E-state index in [4.69, 9.17) is 11.6 Å². The molecule has 5 aromatic rings. The van der Waals surface area contributed by atoms with Crippen molar-refractivity contribution in [2.75, 3.05) is 18.4 Å². The maximum atomic E-state index is 14.0. The molecule has 4 heterocycles. The van der Waals surface area contributed by atoms with Crippen molar-refractivity contribution in [1.82, 2.24) is 33.8 Å². The molecule has 226 valence electrons. The summed E-state index contributed by atoms with van der Waals surface area (Å²) in [6, 6.07) is 7.52. The summed E-state index contributed by atoms with van der Waals surface area (Å²) in [4.78, 5) is 58.6. The number of pyridine rings is 1. The molecule has 44 heavy (non-hydrogen) atoms. The zero-order chi connectivity index (χ0) is 31.3. The van der Waals surface area contributed by atoms with Crippen molar-refractivity contribution in [3.8, 4) is 0 Å². The second-order valence-corrected chi connectivity index (χ2v) is 10.7. The van der Waals surface area contributed by atoms with Crippen LogP contribution in [-0.2, 0) is 17.9 Å². The van der Waals surface area contributed by atoms with Gasteiger partial charge < -0.3 is 15.2 Å². The van der Waals surface area contributed by atoms with Gasteiger partial charge in [-0.25, -0.2) is 27.3 Å². The third-order valence-electron chi connectivity index (χ3n) is 7.30. The van der Waals surface area contributed by atoms with E-state index >= 15 is 0 Å². The van der Waals surface area contributed by atoms with E-state index in [2.05, 4.69) is 20.4 Å². The molecule has 16 heteroatoms. The van der Waals surface area contributed by atoms with Crippen LogP contribution in [0, 0.1) is 17.5 Å². The number of fused-ring (bicyclic) bond motifs is 1. The monoisotopic (exact) mass is 626 g/mol. The Hall–Kier alpha value is -5.18. The standard InChI is InChI=1S/C28H22ClF3N8O4/c1-14(41)37-12-18(13-37)40-11-17-7-23(19(29)8-22(17)36-40)34-26-35-27(43)39(10-16-3-2-4-33-25(16)42)28(44)38(26)9-15-5-20(30)24(32)21(31)6-15/h2-8,11,18H,9-10,12-13H2,1H3,(H,33,42)(H,34,35,43). The lowest BCUT2D eigenvalue weighted by molar-refractivity contribution is -0.134. The molecule has 1 aliphatic rings. The van der Waals surface area contributed by atoms with Crippen LogP contribution < -0.4 is 22.3 Å². The zero-order valence-electron chi connectivity index (χ0n) is 22.9. The summed E-state index contributed by atoms with van der Waals surface area (Å²) in [6.07, 6.45) is 3.14. The fraction of sp³-hybridized carbons (Fsp3) is 0.214. The molecular formula is C28H22ClF3N8O4. The van der Waals surface area contributed by atoms with Crippen LogP contribution in [0.4, 0.5) is 24.8 Å². The number of aromatic amines is 1. The summed E-state index contributed by atoms with van der Waals surface area (Å²) in [7, 11) is 0. The van der Waals surface area contributed by atoms with Gasteiger partial charge in [0, 0.05) is 43.4 Å². The van der Waals surface area contributed by atoms with Gasteiger partial charge >= 0.3 is 11.4 Å². The predicted molar refractivity (Wildman–Crippen MR) is 154 cm³/mol. The van der Waals surface area contributed by atoms with E-state index < -0.39 is 47.5 Å². The summed E-state index contributed by atoms with van der Waals surface area (Å²) >= 11 is 6.52. The number of hydrogen-bond donors (Lipinski definition) is 2. The van der Waals surface area contributed by atoms with Gasteiger partial charge in [-0.3, -0.25) is 18.8 Å². The van der Waals surface area contributed by atoms with Gasteiger partial charge in [-0.2, -0.15) is 10.1 Å². The van der Waals surface area contributed by atoms with Gasteiger partial charge in [0.1, 0.15) is 0 Å². The molecular weight excluding hydrogens is 605 g/mol. The number of H-pyrrole nitrogens is 1.